The van der Waals surface area contributed by atoms with E-state index in [1.54, 1.807) is 12.4 Å². The second-order valence-electron chi connectivity index (χ2n) is 6.24. The lowest BCUT2D eigenvalue weighted by Gasteiger charge is -2.07. The molecule has 3 aromatic rings. The van der Waals surface area contributed by atoms with Gasteiger partial charge < -0.3 is 5.32 Å². The van der Waals surface area contributed by atoms with Crippen molar-refractivity contribution in [2.75, 3.05) is 5.32 Å². The molecule has 0 atom stereocenters. The van der Waals surface area contributed by atoms with Crippen LogP contribution in [0.15, 0.2) is 53.6 Å². The number of aromatic amines is 1. The van der Waals surface area contributed by atoms with Gasteiger partial charge in [-0.1, -0.05) is 44.2 Å². The molecule has 1 aromatic carbocycles. The maximum Gasteiger partial charge on any atom is 0.274 e. The third kappa shape index (κ3) is 4.50. The summed E-state index contributed by atoms with van der Waals surface area (Å²) in [7, 11) is 0. The van der Waals surface area contributed by atoms with Crippen LogP contribution in [0.3, 0.4) is 0 Å². The van der Waals surface area contributed by atoms with Crippen LogP contribution in [-0.2, 0) is 13.0 Å². The topological polar surface area (TPSA) is 83.6 Å². The second kappa shape index (κ2) is 7.70. The number of hydrogen-bond donors (Lipinski definition) is 2. The van der Waals surface area contributed by atoms with E-state index in [9.17, 15) is 4.79 Å². The highest BCUT2D eigenvalue weighted by Gasteiger charge is 2.07. The van der Waals surface area contributed by atoms with Gasteiger partial charge in [-0.25, -0.2) is 0 Å². The summed E-state index contributed by atoms with van der Waals surface area (Å²) in [5, 5.41) is 11.2. The molecular formula is C19H21N5O. The van der Waals surface area contributed by atoms with E-state index in [1.807, 2.05) is 24.3 Å². The van der Waals surface area contributed by atoms with Gasteiger partial charge in [0.1, 0.15) is 5.69 Å². The van der Waals surface area contributed by atoms with Gasteiger partial charge in [0.05, 0.1) is 0 Å². The first-order valence-electron chi connectivity index (χ1n) is 8.29. The molecular weight excluding hydrogens is 314 g/mol. The zero-order valence-corrected chi connectivity index (χ0v) is 14.4. The zero-order chi connectivity index (χ0) is 17.6. The molecule has 0 bridgehead atoms. The summed E-state index contributed by atoms with van der Waals surface area (Å²) in [5.41, 5.74) is 3.50. The Balaban J connectivity index is 1.66. The molecule has 2 N–H and O–H groups in total. The fourth-order valence-corrected chi connectivity index (χ4v) is 2.46. The highest BCUT2D eigenvalue weighted by molar-refractivity contribution is 5.29. The van der Waals surface area contributed by atoms with Crippen LogP contribution in [-0.4, -0.2) is 20.2 Å². The lowest BCUT2D eigenvalue weighted by molar-refractivity contribution is 0.852. The Labute approximate surface area is 146 Å². The number of rotatable bonds is 6. The summed E-state index contributed by atoms with van der Waals surface area (Å²) >= 11 is 0. The minimum atomic E-state index is -0.225. The highest BCUT2D eigenvalue weighted by Crippen LogP contribution is 2.15. The van der Waals surface area contributed by atoms with Gasteiger partial charge in [0, 0.05) is 25.4 Å². The molecule has 128 valence electrons. The molecule has 0 spiro atoms. The Morgan fingerprint density at radius 2 is 1.88 bits per heavy atom. The van der Waals surface area contributed by atoms with Gasteiger partial charge in [0.15, 0.2) is 0 Å². The van der Waals surface area contributed by atoms with E-state index in [0.29, 0.717) is 30.5 Å². The molecule has 0 aliphatic heterocycles. The Morgan fingerprint density at radius 1 is 1.08 bits per heavy atom. The van der Waals surface area contributed by atoms with Crippen LogP contribution in [0.1, 0.15) is 42.1 Å². The van der Waals surface area contributed by atoms with E-state index in [0.717, 1.165) is 11.1 Å². The largest absolute Gasteiger partial charge is 0.350 e. The summed E-state index contributed by atoms with van der Waals surface area (Å²) in [4.78, 5) is 19.0. The summed E-state index contributed by atoms with van der Waals surface area (Å²) < 4.78 is 0. The zero-order valence-electron chi connectivity index (χ0n) is 14.4. The molecule has 0 unspecified atom stereocenters. The quantitative estimate of drug-likeness (QED) is 0.724. The molecule has 0 saturated carbocycles. The van der Waals surface area contributed by atoms with Crippen LogP contribution in [0.4, 0.5) is 5.95 Å². The normalized spacial score (nSPS) is 10.8. The van der Waals surface area contributed by atoms with Crippen molar-refractivity contribution < 1.29 is 0 Å². The van der Waals surface area contributed by atoms with Gasteiger partial charge in [0.25, 0.3) is 5.56 Å². The van der Waals surface area contributed by atoms with Gasteiger partial charge in [-0.05, 0) is 28.7 Å². The van der Waals surface area contributed by atoms with Crippen molar-refractivity contribution in [3.05, 3.63) is 81.5 Å². The molecule has 3 rings (SSSR count). The number of nitrogens with zero attached hydrogens (tertiary/aromatic N) is 3. The predicted molar refractivity (Wildman–Crippen MR) is 97.6 cm³/mol. The number of H-pyrrole nitrogens is 1. The lowest BCUT2D eigenvalue weighted by Crippen LogP contribution is -2.19. The van der Waals surface area contributed by atoms with Crippen molar-refractivity contribution in [2.45, 2.75) is 32.7 Å². The Hall–Kier alpha value is -3.02. The van der Waals surface area contributed by atoms with E-state index < -0.39 is 0 Å². The van der Waals surface area contributed by atoms with E-state index in [2.05, 4.69) is 51.5 Å². The Morgan fingerprint density at radius 3 is 2.52 bits per heavy atom. The SMILES string of the molecule is CC(C)c1ccc(Cc2nnc(NCc3cccnc3)[nH]c2=O)cc1. The standard InChI is InChI=1S/C19H21N5O/c1-13(2)16-7-5-14(6-8-16)10-17-18(25)22-19(24-23-17)21-12-15-4-3-9-20-11-15/h3-9,11,13H,10,12H2,1-2H3,(H2,21,22,24,25). The number of anilines is 1. The molecule has 0 aliphatic rings. The number of pyridine rings is 1. The van der Waals surface area contributed by atoms with E-state index in [1.165, 1.54) is 5.56 Å². The van der Waals surface area contributed by atoms with Crippen molar-refractivity contribution in [2.24, 2.45) is 0 Å². The summed E-state index contributed by atoms with van der Waals surface area (Å²) in [6.45, 7) is 4.83. The molecule has 25 heavy (non-hydrogen) atoms. The third-order valence-electron chi connectivity index (χ3n) is 3.97. The smallest absolute Gasteiger partial charge is 0.274 e. The van der Waals surface area contributed by atoms with Crippen LogP contribution >= 0.6 is 0 Å². The van der Waals surface area contributed by atoms with Crippen molar-refractivity contribution in [3.8, 4) is 0 Å². The predicted octanol–water partition coefficient (Wildman–Crippen LogP) is 2.89. The van der Waals surface area contributed by atoms with Crippen molar-refractivity contribution in [1.82, 2.24) is 20.2 Å². The molecule has 0 saturated heterocycles. The third-order valence-corrected chi connectivity index (χ3v) is 3.97. The van der Waals surface area contributed by atoms with Crippen LogP contribution in [0, 0.1) is 0 Å². The van der Waals surface area contributed by atoms with Gasteiger partial charge in [-0.3, -0.25) is 14.8 Å². The molecule has 2 heterocycles. The maximum absolute atomic E-state index is 12.2. The number of nitrogens with one attached hydrogen (secondary N) is 2. The summed E-state index contributed by atoms with van der Waals surface area (Å²) in [6.07, 6.45) is 3.94. The van der Waals surface area contributed by atoms with Crippen LogP contribution in [0.5, 0.6) is 0 Å². The molecule has 2 aromatic heterocycles. The van der Waals surface area contributed by atoms with E-state index in [-0.39, 0.29) is 5.56 Å². The van der Waals surface area contributed by atoms with Gasteiger partial charge >= 0.3 is 0 Å². The molecule has 6 heteroatoms. The van der Waals surface area contributed by atoms with E-state index in [4.69, 9.17) is 0 Å². The number of benzene rings is 1. The van der Waals surface area contributed by atoms with Crippen molar-refractivity contribution in [1.29, 1.82) is 0 Å². The maximum atomic E-state index is 12.2. The van der Waals surface area contributed by atoms with Gasteiger partial charge in [-0.15, -0.1) is 10.2 Å². The first kappa shape index (κ1) is 16.8. The van der Waals surface area contributed by atoms with Crippen LogP contribution in [0.2, 0.25) is 0 Å². The minimum absolute atomic E-state index is 0.225. The molecule has 6 nitrogen and oxygen atoms in total. The average Bonchev–Trinajstić information content (AvgIpc) is 2.63. The Bertz CT molecular complexity index is 872. The lowest BCUT2D eigenvalue weighted by atomic mass is 10.0. The van der Waals surface area contributed by atoms with E-state index >= 15 is 0 Å². The number of hydrogen-bond acceptors (Lipinski definition) is 5. The van der Waals surface area contributed by atoms with Crippen LogP contribution in [0.25, 0.3) is 0 Å². The Kier molecular flexibility index (Phi) is 5.18. The average molecular weight is 335 g/mol. The monoisotopic (exact) mass is 335 g/mol. The van der Waals surface area contributed by atoms with Gasteiger partial charge in [-0.2, -0.15) is 0 Å². The van der Waals surface area contributed by atoms with Crippen molar-refractivity contribution >= 4 is 5.95 Å². The molecule has 0 aliphatic carbocycles. The molecule has 0 amide bonds. The summed E-state index contributed by atoms with van der Waals surface area (Å²) in [6, 6.07) is 12.0. The first-order valence-corrected chi connectivity index (χ1v) is 8.29. The highest BCUT2D eigenvalue weighted by atomic mass is 16.1. The second-order valence-corrected chi connectivity index (χ2v) is 6.24. The number of aromatic nitrogens is 4. The van der Waals surface area contributed by atoms with Crippen LogP contribution < -0.4 is 10.9 Å². The summed E-state index contributed by atoms with van der Waals surface area (Å²) in [5.74, 6) is 0.843. The fourth-order valence-electron chi connectivity index (χ4n) is 2.46. The molecule has 0 radical (unpaired) electrons. The first-order chi connectivity index (χ1) is 12.1. The van der Waals surface area contributed by atoms with Crippen molar-refractivity contribution in [3.63, 3.8) is 0 Å². The fraction of sp³-hybridized carbons (Fsp3) is 0.263. The van der Waals surface area contributed by atoms with Gasteiger partial charge in [0.2, 0.25) is 5.95 Å². The molecule has 0 fully saturated rings. The minimum Gasteiger partial charge on any atom is -0.350 e.